The first-order chi connectivity index (χ1) is 27.2. The Morgan fingerprint density at radius 3 is 2.07 bits per heavy atom. The molecule has 1 aliphatic rings. The number of hydrogen-bond donors (Lipinski definition) is 0. The summed E-state index contributed by atoms with van der Waals surface area (Å²) in [5.41, 5.74) is 11.8. The normalized spacial score (nSPS) is 12.6. The zero-order chi connectivity index (χ0) is 37.1. The van der Waals surface area contributed by atoms with Gasteiger partial charge in [-0.1, -0.05) is 109 Å². The molecular formula is C50H38N4S. The highest BCUT2D eigenvalue weighted by Crippen LogP contribution is 2.48. The molecule has 0 N–H and O–H groups in total. The molecule has 0 atom stereocenters. The van der Waals surface area contributed by atoms with E-state index in [4.69, 9.17) is 4.98 Å². The first kappa shape index (κ1) is 34.0. The van der Waals surface area contributed by atoms with Gasteiger partial charge in [-0.2, -0.15) is 0 Å². The van der Waals surface area contributed by atoms with Crippen LogP contribution in [0.15, 0.2) is 194 Å². The Kier molecular flexibility index (Phi) is 9.20. The molecule has 3 aromatic heterocycles. The highest BCUT2D eigenvalue weighted by molar-refractivity contribution is 7.26. The molecule has 4 heterocycles. The van der Waals surface area contributed by atoms with E-state index in [1.165, 1.54) is 69.8 Å². The van der Waals surface area contributed by atoms with Crippen LogP contribution >= 0.6 is 11.3 Å². The zero-order valence-electron chi connectivity index (χ0n) is 30.5. The summed E-state index contributed by atoms with van der Waals surface area (Å²) in [6.07, 6.45) is 13.5. The molecule has 264 valence electrons. The van der Waals surface area contributed by atoms with Gasteiger partial charge >= 0.3 is 0 Å². The molecule has 9 aromatic rings. The van der Waals surface area contributed by atoms with Gasteiger partial charge in [-0.05, 0) is 96.6 Å². The summed E-state index contributed by atoms with van der Waals surface area (Å²) in [6.45, 7) is 6.40. The third-order valence-electron chi connectivity index (χ3n) is 10.1. The number of aromatic nitrogens is 2. The molecule has 0 saturated heterocycles. The molecule has 0 saturated carbocycles. The number of thiophene rings is 1. The molecule has 4 nitrogen and oxygen atoms in total. The average molecular weight is 727 g/mol. The number of aliphatic imine (C=N–C) groups is 1. The second-order valence-electron chi connectivity index (χ2n) is 13.6. The van der Waals surface area contributed by atoms with Gasteiger partial charge < -0.3 is 9.47 Å². The Morgan fingerprint density at radius 1 is 0.691 bits per heavy atom. The van der Waals surface area contributed by atoms with E-state index in [0.717, 1.165) is 23.5 Å². The van der Waals surface area contributed by atoms with Crippen molar-refractivity contribution < 1.29 is 0 Å². The Labute approximate surface area is 325 Å². The van der Waals surface area contributed by atoms with Crippen LogP contribution in [0.25, 0.3) is 81.2 Å². The average Bonchev–Trinajstić information content (AvgIpc) is 3.79. The number of aryl methyl sites for hydroxylation is 1. The predicted molar refractivity (Wildman–Crippen MR) is 236 cm³/mol. The molecular weight excluding hydrogens is 689 g/mol. The lowest BCUT2D eigenvalue weighted by Gasteiger charge is -2.13. The lowest BCUT2D eigenvalue weighted by atomic mass is 9.98. The molecule has 0 spiro atoms. The summed E-state index contributed by atoms with van der Waals surface area (Å²) >= 11 is 1.89. The van der Waals surface area contributed by atoms with Gasteiger partial charge in [0.05, 0.1) is 16.7 Å². The molecule has 0 amide bonds. The van der Waals surface area contributed by atoms with E-state index in [0.29, 0.717) is 0 Å². The van der Waals surface area contributed by atoms with Gasteiger partial charge in [0.25, 0.3) is 0 Å². The minimum atomic E-state index is 0.919. The number of rotatable bonds is 6. The van der Waals surface area contributed by atoms with Crippen LogP contribution in [0.3, 0.4) is 0 Å². The molecule has 6 aromatic carbocycles. The molecule has 0 radical (unpaired) electrons. The predicted octanol–water partition coefficient (Wildman–Crippen LogP) is 13.4. The lowest BCUT2D eigenvalue weighted by molar-refractivity contribution is 0.559. The van der Waals surface area contributed by atoms with Crippen LogP contribution in [0.1, 0.15) is 5.56 Å². The second-order valence-corrected chi connectivity index (χ2v) is 14.7. The van der Waals surface area contributed by atoms with Gasteiger partial charge in [0.2, 0.25) is 0 Å². The fraction of sp³-hybridized carbons (Fsp3) is 0.0400. The van der Waals surface area contributed by atoms with Gasteiger partial charge in [-0.15, -0.1) is 11.3 Å². The van der Waals surface area contributed by atoms with Gasteiger partial charge in [0, 0.05) is 73.5 Å². The first-order valence-electron chi connectivity index (χ1n) is 18.4. The number of hydrogen-bond acceptors (Lipinski definition) is 4. The SMILES string of the molecule is C=N/C=C\N1C=CC=CC1.Cc1ccc(-n2c3ccc(-c4ccccc4)cc3c3c4sc5ccc(-c6ccccc6)cc5c4cc(-c4ccccn4)c32)cc1. The van der Waals surface area contributed by atoms with Crippen LogP contribution in [-0.4, -0.2) is 27.7 Å². The minimum absolute atomic E-state index is 0.919. The van der Waals surface area contributed by atoms with Crippen molar-refractivity contribution in [3.05, 3.63) is 194 Å². The summed E-state index contributed by atoms with van der Waals surface area (Å²) in [4.78, 5) is 10.5. The quantitative estimate of drug-likeness (QED) is 0.160. The third-order valence-corrected chi connectivity index (χ3v) is 11.3. The summed E-state index contributed by atoms with van der Waals surface area (Å²) in [7, 11) is 0. The number of nitrogens with zero attached hydrogens (tertiary/aromatic N) is 4. The van der Waals surface area contributed by atoms with Gasteiger partial charge in [0.15, 0.2) is 0 Å². The topological polar surface area (TPSA) is 33.4 Å². The van der Waals surface area contributed by atoms with Crippen LogP contribution in [0.4, 0.5) is 0 Å². The Morgan fingerprint density at radius 2 is 1.40 bits per heavy atom. The van der Waals surface area contributed by atoms with Gasteiger partial charge in [0.1, 0.15) is 0 Å². The fourth-order valence-corrected chi connectivity index (χ4v) is 8.68. The van der Waals surface area contributed by atoms with Crippen LogP contribution in [0.2, 0.25) is 0 Å². The van der Waals surface area contributed by atoms with Crippen molar-refractivity contribution in [3.63, 3.8) is 0 Å². The third kappa shape index (κ3) is 6.56. The fourth-order valence-electron chi connectivity index (χ4n) is 7.46. The number of allylic oxidation sites excluding steroid dienone is 2. The number of pyridine rings is 1. The Balaban J connectivity index is 0.000000348. The van der Waals surface area contributed by atoms with Crippen molar-refractivity contribution in [3.8, 4) is 39.2 Å². The van der Waals surface area contributed by atoms with Crippen molar-refractivity contribution in [2.45, 2.75) is 6.92 Å². The maximum Gasteiger partial charge on any atom is 0.0723 e. The zero-order valence-corrected chi connectivity index (χ0v) is 31.3. The maximum absolute atomic E-state index is 4.91. The van der Waals surface area contributed by atoms with E-state index >= 15 is 0 Å². The monoisotopic (exact) mass is 726 g/mol. The number of fused-ring (bicyclic) bond motifs is 7. The second kappa shape index (κ2) is 14.9. The standard InChI is InChI=1S/C42H28N2S.C8H10N2/c1-27-15-19-32(20-16-27)44-38-21-17-30(28-10-4-2-5-11-28)25-36(38)40-41(44)35(37-14-8-9-23-43-37)26-34-33-24-31(29-12-6-3-7-13-29)18-22-39(33)45-42(34)40;1-9-5-8-10-6-3-2-4-7-10/h2-26H,1H3;2-6,8H,1,7H2/b;8-5-. The molecule has 10 rings (SSSR count). The Bertz CT molecular complexity index is 2900. The lowest BCUT2D eigenvalue weighted by Crippen LogP contribution is -2.10. The summed E-state index contributed by atoms with van der Waals surface area (Å²) < 4.78 is 5.05. The van der Waals surface area contributed by atoms with Crippen LogP contribution in [0.5, 0.6) is 0 Å². The maximum atomic E-state index is 4.91. The number of benzene rings is 6. The molecule has 0 unspecified atom stereocenters. The van der Waals surface area contributed by atoms with E-state index in [2.05, 4.69) is 169 Å². The molecule has 0 bridgehead atoms. The van der Waals surface area contributed by atoms with Crippen LogP contribution in [-0.2, 0) is 0 Å². The first-order valence-corrected chi connectivity index (χ1v) is 19.3. The van der Waals surface area contributed by atoms with Gasteiger partial charge in [-0.3, -0.25) is 9.98 Å². The van der Waals surface area contributed by atoms with Crippen molar-refractivity contribution >= 4 is 60.0 Å². The summed E-state index contributed by atoms with van der Waals surface area (Å²) in [6, 6.07) is 52.7. The molecule has 1 aliphatic heterocycles. The van der Waals surface area contributed by atoms with Crippen molar-refractivity contribution in [1.82, 2.24) is 14.5 Å². The minimum Gasteiger partial charge on any atom is -0.349 e. The van der Waals surface area contributed by atoms with E-state index in [1.807, 2.05) is 53.1 Å². The Hall–Kier alpha value is -6.82. The van der Waals surface area contributed by atoms with Crippen molar-refractivity contribution in [2.24, 2.45) is 4.99 Å². The van der Waals surface area contributed by atoms with Crippen LogP contribution in [0, 0.1) is 6.92 Å². The summed E-state index contributed by atoms with van der Waals surface area (Å²) in [5, 5.41) is 5.09. The van der Waals surface area contributed by atoms with E-state index in [9.17, 15) is 0 Å². The van der Waals surface area contributed by atoms with Crippen molar-refractivity contribution in [2.75, 3.05) is 6.54 Å². The smallest absolute Gasteiger partial charge is 0.0723 e. The van der Waals surface area contributed by atoms with Crippen molar-refractivity contribution in [1.29, 1.82) is 0 Å². The molecule has 0 aliphatic carbocycles. The van der Waals surface area contributed by atoms with E-state index in [1.54, 1.807) is 6.20 Å². The highest BCUT2D eigenvalue weighted by Gasteiger charge is 2.23. The van der Waals surface area contributed by atoms with Crippen LogP contribution < -0.4 is 0 Å². The molecule has 5 heteroatoms. The van der Waals surface area contributed by atoms with Gasteiger partial charge in [-0.25, -0.2) is 0 Å². The molecule has 0 fully saturated rings. The van der Waals surface area contributed by atoms with E-state index in [-0.39, 0.29) is 0 Å². The molecule has 55 heavy (non-hydrogen) atoms. The highest BCUT2D eigenvalue weighted by atomic mass is 32.1. The summed E-state index contributed by atoms with van der Waals surface area (Å²) in [5.74, 6) is 0. The largest absolute Gasteiger partial charge is 0.349 e. The van der Waals surface area contributed by atoms with E-state index < -0.39 is 0 Å².